The Morgan fingerprint density at radius 2 is 1.00 bits per heavy atom. The van der Waals surface area contributed by atoms with Gasteiger partial charge in [-0.15, -0.1) is 0 Å². The summed E-state index contributed by atoms with van der Waals surface area (Å²) in [6, 6.07) is 51.0. The maximum absolute atomic E-state index is 15.3. The van der Waals surface area contributed by atoms with Gasteiger partial charge in [-0.25, -0.2) is 0 Å². The number of carbonyl (C=O) groups is 1. The molecule has 1 heterocycles. The van der Waals surface area contributed by atoms with E-state index in [1.54, 1.807) is 0 Å². The molecule has 0 bridgehead atoms. The maximum Gasteiger partial charge on any atom is 0.247 e. The molecule has 0 radical (unpaired) electrons. The summed E-state index contributed by atoms with van der Waals surface area (Å²) in [6.07, 6.45) is 6.41. The zero-order valence-corrected chi connectivity index (χ0v) is 21.6. The highest BCUT2D eigenvalue weighted by atomic mass is 16.2. The van der Waals surface area contributed by atoms with E-state index in [-0.39, 0.29) is 11.8 Å². The minimum Gasteiger partial charge on any atom is -0.280 e. The first-order valence-electron chi connectivity index (χ1n) is 13.3. The van der Waals surface area contributed by atoms with Crippen LogP contribution in [-0.2, 0) is 10.2 Å². The number of allylic oxidation sites excluding steroid dienone is 2. The molecule has 1 aliphatic heterocycles. The SMILES string of the molecule is O=C1N(c2ccccc2)C(/C=C/c2ccccc2)=CC(c2ccccc2)C1(c1ccccc1)c1ccccc1. The molecule has 0 saturated carbocycles. The second-order valence-electron chi connectivity index (χ2n) is 9.74. The van der Waals surface area contributed by atoms with Gasteiger partial charge in [0.25, 0.3) is 0 Å². The van der Waals surface area contributed by atoms with E-state index in [9.17, 15) is 0 Å². The van der Waals surface area contributed by atoms with Crippen LogP contribution < -0.4 is 4.90 Å². The quantitative estimate of drug-likeness (QED) is 0.228. The van der Waals surface area contributed by atoms with E-state index in [1.165, 1.54) is 0 Å². The van der Waals surface area contributed by atoms with E-state index < -0.39 is 5.41 Å². The van der Waals surface area contributed by atoms with Gasteiger partial charge in [-0.2, -0.15) is 0 Å². The molecule has 0 aromatic heterocycles. The Morgan fingerprint density at radius 3 is 1.54 bits per heavy atom. The highest BCUT2D eigenvalue weighted by Crippen LogP contribution is 2.51. The number of benzene rings is 5. The van der Waals surface area contributed by atoms with Gasteiger partial charge < -0.3 is 0 Å². The Morgan fingerprint density at radius 1 is 0.538 bits per heavy atom. The number of amides is 1. The first-order chi connectivity index (χ1) is 19.3. The van der Waals surface area contributed by atoms with Crippen LogP contribution in [0.2, 0.25) is 0 Å². The lowest BCUT2D eigenvalue weighted by Crippen LogP contribution is -2.53. The van der Waals surface area contributed by atoms with Crippen molar-refractivity contribution in [3.05, 3.63) is 192 Å². The minimum atomic E-state index is -0.968. The zero-order chi connectivity index (χ0) is 26.5. The molecule has 2 heteroatoms. The highest BCUT2D eigenvalue weighted by Gasteiger charge is 2.53. The number of anilines is 1. The summed E-state index contributed by atoms with van der Waals surface area (Å²) in [5.74, 6) is -0.207. The lowest BCUT2D eigenvalue weighted by molar-refractivity contribution is -0.123. The van der Waals surface area contributed by atoms with E-state index in [0.717, 1.165) is 33.6 Å². The Hall–Kier alpha value is -4.95. The summed E-state index contributed by atoms with van der Waals surface area (Å²) in [6.45, 7) is 0. The molecule has 5 aromatic carbocycles. The molecule has 39 heavy (non-hydrogen) atoms. The molecule has 1 amide bonds. The van der Waals surface area contributed by atoms with Gasteiger partial charge in [0.2, 0.25) is 5.91 Å². The first kappa shape index (κ1) is 24.4. The van der Waals surface area contributed by atoms with E-state index in [1.807, 2.05) is 95.9 Å². The van der Waals surface area contributed by atoms with Crippen LogP contribution in [0.15, 0.2) is 170 Å². The van der Waals surface area contributed by atoms with E-state index in [2.05, 4.69) is 78.9 Å². The van der Waals surface area contributed by atoms with Crippen LogP contribution >= 0.6 is 0 Å². The molecule has 0 fully saturated rings. The Balaban J connectivity index is 1.67. The van der Waals surface area contributed by atoms with Gasteiger partial charge >= 0.3 is 0 Å². The third-order valence-corrected chi connectivity index (χ3v) is 7.48. The standard InChI is InChI=1S/C37H29NO/c39-36-37(31-20-10-3-11-21-31,32-22-12-4-13-23-32)35(30-18-8-2-9-19-30)28-34(27-26-29-16-6-1-7-17-29)38(36)33-24-14-5-15-25-33/h1-28,35H/b27-26+. The smallest absolute Gasteiger partial charge is 0.247 e. The highest BCUT2D eigenvalue weighted by molar-refractivity contribution is 6.09. The summed E-state index contributed by atoms with van der Waals surface area (Å²) in [7, 11) is 0. The second kappa shape index (κ2) is 10.8. The largest absolute Gasteiger partial charge is 0.280 e. The van der Waals surface area contributed by atoms with Gasteiger partial charge in [0.05, 0.1) is 0 Å². The van der Waals surface area contributed by atoms with Gasteiger partial charge in [-0.3, -0.25) is 9.69 Å². The Bertz CT molecular complexity index is 1550. The van der Waals surface area contributed by atoms with Gasteiger partial charge in [-0.05, 0) is 40.5 Å². The molecular weight excluding hydrogens is 474 g/mol. The summed E-state index contributed by atoms with van der Waals surface area (Å²) < 4.78 is 0. The number of carbonyl (C=O) groups excluding carboxylic acids is 1. The molecular formula is C37H29NO. The predicted molar refractivity (Wildman–Crippen MR) is 160 cm³/mol. The van der Waals surface area contributed by atoms with Crippen molar-refractivity contribution >= 4 is 17.7 Å². The first-order valence-corrected chi connectivity index (χ1v) is 13.3. The number of nitrogens with zero attached hydrogens (tertiary/aromatic N) is 1. The topological polar surface area (TPSA) is 20.3 Å². The lowest BCUT2D eigenvalue weighted by Gasteiger charge is -2.47. The fraction of sp³-hybridized carbons (Fsp3) is 0.0541. The van der Waals surface area contributed by atoms with Gasteiger partial charge in [0.1, 0.15) is 5.41 Å². The van der Waals surface area contributed by atoms with Crippen molar-refractivity contribution in [3.63, 3.8) is 0 Å². The van der Waals surface area contributed by atoms with Crippen LogP contribution in [0, 0.1) is 0 Å². The Labute approximate surface area is 230 Å². The normalized spacial score (nSPS) is 16.7. The molecule has 0 saturated heterocycles. The fourth-order valence-electron chi connectivity index (χ4n) is 5.70. The monoisotopic (exact) mass is 503 g/mol. The van der Waals surface area contributed by atoms with E-state index >= 15 is 4.79 Å². The van der Waals surface area contributed by atoms with Crippen molar-refractivity contribution in [2.24, 2.45) is 0 Å². The van der Waals surface area contributed by atoms with Crippen LogP contribution in [0.1, 0.15) is 28.2 Å². The van der Waals surface area contributed by atoms with Crippen LogP contribution in [0.5, 0.6) is 0 Å². The summed E-state index contributed by atoms with van der Waals surface area (Å²) in [4.78, 5) is 17.2. The average Bonchev–Trinajstić information content (AvgIpc) is 3.02. The number of hydrogen-bond acceptors (Lipinski definition) is 1. The van der Waals surface area contributed by atoms with Crippen LogP contribution in [0.3, 0.4) is 0 Å². The summed E-state index contributed by atoms with van der Waals surface area (Å²) in [5.41, 5.74) is 4.84. The van der Waals surface area contributed by atoms with E-state index in [4.69, 9.17) is 0 Å². The minimum absolute atomic E-state index is 0.0233. The summed E-state index contributed by atoms with van der Waals surface area (Å²) in [5, 5.41) is 0. The van der Waals surface area contributed by atoms with Crippen molar-refractivity contribution in [2.45, 2.75) is 11.3 Å². The molecule has 1 aliphatic rings. The molecule has 5 aromatic rings. The van der Waals surface area contributed by atoms with Crippen molar-refractivity contribution in [1.82, 2.24) is 0 Å². The van der Waals surface area contributed by atoms with Crippen LogP contribution in [0.25, 0.3) is 6.08 Å². The van der Waals surface area contributed by atoms with Gasteiger partial charge in [0.15, 0.2) is 0 Å². The maximum atomic E-state index is 15.3. The van der Waals surface area contributed by atoms with Gasteiger partial charge in [-0.1, -0.05) is 152 Å². The molecule has 188 valence electrons. The van der Waals surface area contributed by atoms with Gasteiger partial charge in [0, 0.05) is 17.3 Å². The molecule has 0 aliphatic carbocycles. The molecule has 1 unspecified atom stereocenters. The number of hydrogen-bond donors (Lipinski definition) is 0. The molecule has 1 atom stereocenters. The van der Waals surface area contributed by atoms with E-state index in [0.29, 0.717) is 0 Å². The number of para-hydroxylation sites is 1. The molecule has 6 rings (SSSR count). The Kier molecular flexibility index (Phi) is 6.76. The fourth-order valence-corrected chi connectivity index (χ4v) is 5.70. The van der Waals surface area contributed by atoms with Crippen molar-refractivity contribution < 1.29 is 4.79 Å². The molecule has 2 nitrogen and oxygen atoms in total. The third kappa shape index (κ3) is 4.51. The predicted octanol–water partition coefficient (Wildman–Crippen LogP) is 8.40. The molecule has 0 N–H and O–H groups in total. The third-order valence-electron chi connectivity index (χ3n) is 7.48. The van der Waals surface area contributed by atoms with Crippen LogP contribution in [0.4, 0.5) is 5.69 Å². The lowest BCUT2D eigenvalue weighted by atomic mass is 9.61. The summed E-state index contributed by atoms with van der Waals surface area (Å²) >= 11 is 0. The van der Waals surface area contributed by atoms with Crippen LogP contribution in [-0.4, -0.2) is 5.91 Å². The van der Waals surface area contributed by atoms with Crippen molar-refractivity contribution in [2.75, 3.05) is 4.90 Å². The average molecular weight is 504 g/mol. The number of rotatable bonds is 6. The zero-order valence-electron chi connectivity index (χ0n) is 21.6. The molecule has 0 spiro atoms. The second-order valence-corrected chi connectivity index (χ2v) is 9.74. The van der Waals surface area contributed by atoms with Crippen molar-refractivity contribution in [1.29, 1.82) is 0 Å². The van der Waals surface area contributed by atoms with Crippen molar-refractivity contribution in [3.8, 4) is 0 Å².